The first-order valence-corrected chi connectivity index (χ1v) is 8.17. The lowest BCUT2D eigenvalue weighted by atomic mass is 9.92. The Bertz CT molecular complexity index is 881. The molecule has 1 nitrogen and oxygen atoms in total. The molecule has 0 unspecified atom stereocenters. The number of aromatic nitrogens is 1. The second kappa shape index (κ2) is 6.11. The summed E-state index contributed by atoms with van der Waals surface area (Å²) in [5.74, 6) is -0.228. The lowest BCUT2D eigenvalue weighted by molar-refractivity contribution is 0.628. The van der Waals surface area contributed by atoms with Crippen LogP contribution in [-0.4, -0.2) is 4.98 Å². The minimum Gasteiger partial charge on any atom is -0.248 e. The van der Waals surface area contributed by atoms with E-state index in [1.165, 1.54) is 33.7 Å². The summed E-state index contributed by atoms with van der Waals surface area (Å²) in [4.78, 5) is 4.83. The molecule has 3 rings (SSSR count). The van der Waals surface area contributed by atoms with Crippen LogP contribution in [0.4, 0.5) is 4.39 Å². The van der Waals surface area contributed by atoms with Gasteiger partial charge in [0.1, 0.15) is 5.82 Å². The summed E-state index contributed by atoms with van der Waals surface area (Å²) in [7, 11) is 0. The van der Waals surface area contributed by atoms with Gasteiger partial charge in [-0.1, -0.05) is 25.5 Å². The molecule has 0 atom stereocenters. The van der Waals surface area contributed by atoms with E-state index in [1.54, 1.807) is 12.1 Å². The van der Waals surface area contributed by atoms with Gasteiger partial charge in [-0.05, 0) is 73.7 Å². The van der Waals surface area contributed by atoms with Gasteiger partial charge < -0.3 is 0 Å². The van der Waals surface area contributed by atoms with Gasteiger partial charge in [-0.2, -0.15) is 0 Å². The Morgan fingerprint density at radius 3 is 2.48 bits per heavy atom. The van der Waals surface area contributed by atoms with Crippen LogP contribution in [0.2, 0.25) is 0 Å². The number of nitrogens with zero attached hydrogens (tertiary/aromatic N) is 1. The third kappa shape index (κ3) is 2.86. The van der Waals surface area contributed by atoms with Crippen molar-refractivity contribution in [1.29, 1.82) is 0 Å². The number of benzene rings is 2. The first kappa shape index (κ1) is 15.7. The Hall–Kier alpha value is -2.22. The van der Waals surface area contributed by atoms with Crippen LogP contribution >= 0.6 is 0 Å². The maximum absolute atomic E-state index is 13.5. The molecule has 2 aromatic carbocycles. The molecule has 0 aliphatic rings. The van der Waals surface area contributed by atoms with Crippen LogP contribution < -0.4 is 0 Å². The zero-order valence-electron chi connectivity index (χ0n) is 14.2. The average Bonchev–Trinajstić information content (AvgIpc) is 2.51. The van der Waals surface area contributed by atoms with Gasteiger partial charge in [-0.25, -0.2) is 9.37 Å². The van der Waals surface area contributed by atoms with Gasteiger partial charge in [0.2, 0.25) is 0 Å². The quantitative estimate of drug-likeness (QED) is 0.585. The fourth-order valence-corrected chi connectivity index (χ4v) is 3.29. The molecule has 0 radical (unpaired) electrons. The van der Waals surface area contributed by atoms with Crippen LogP contribution in [0.15, 0.2) is 36.4 Å². The zero-order chi connectivity index (χ0) is 16.6. The lowest BCUT2D eigenvalue weighted by Crippen LogP contribution is -1.99. The summed E-state index contributed by atoms with van der Waals surface area (Å²) in [5.41, 5.74) is 7.91. The molecule has 0 amide bonds. The van der Waals surface area contributed by atoms with Gasteiger partial charge >= 0.3 is 0 Å². The second-order valence-electron chi connectivity index (χ2n) is 6.28. The molecule has 23 heavy (non-hydrogen) atoms. The Balaban J connectivity index is 2.29. The van der Waals surface area contributed by atoms with Crippen LogP contribution in [0.5, 0.6) is 0 Å². The Kier molecular flexibility index (Phi) is 4.16. The molecule has 0 N–H and O–H groups in total. The van der Waals surface area contributed by atoms with E-state index in [9.17, 15) is 4.39 Å². The Labute approximate surface area is 137 Å². The van der Waals surface area contributed by atoms with Gasteiger partial charge in [0.25, 0.3) is 0 Å². The molecule has 0 fully saturated rings. The molecule has 1 heterocycles. The molecule has 118 valence electrons. The van der Waals surface area contributed by atoms with Crippen molar-refractivity contribution >= 4 is 10.9 Å². The highest BCUT2D eigenvalue weighted by atomic mass is 19.1. The fourth-order valence-electron chi connectivity index (χ4n) is 3.29. The maximum Gasteiger partial charge on any atom is 0.123 e. The van der Waals surface area contributed by atoms with Gasteiger partial charge in [-0.15, -0.1) is 0 Å². The molecule has 0 aliphatic carbocycles. The smallest absolute Gasteiger partial charge is 0.123 e. The highest BCUT2D eigenvalue weighted by Gasteiger charge is 2.13. The molecule has 0 spiro atoms. The number of fused-ring (bicyclic) bond motifs is 1. The first-order valence-electron chi connectivity index (χ1n) is 8.17. The third-order valence-corrected chi connectivity index (χ3v) is 4.56. The Morgan fingerprint density at radius 1 is 1.00 bits per heavy atom. The fraction of sp³-hybridized carbons (Fsp3) is 0.286. The van der Waals surface area contributed by atoms with E-state index in [0.29, 0.717) is 0 Å². The second-order valence-corrected chi connectivity index (χ2v) is 6.28. The zero-order valence-corrected chi connectivity index (χ0v) is 14.2. The average molecular weight is 307 g/mol. The van der Waals surface area contributed by atoms with Gasteiger partial charge in [-0.3, -0.25) is 0 Å². The van der Waals surface area contributed by atoms with Gasteiger partial charge in [0.05, 0.1) is 11.2 Å². The molecule has 0 aliphatic heterocycles. The van der Waals surface area contributed by atoms with Gasteiger partial charge in [0.15, 0.2) is 0 Å². The molecule has 1 aromatic heterocycles. The summed E-state index contributed by atoms with van der Waals surface area (Å²) >= 11 is 0. The number of pyridine rings is 1. The van der Waals surface area contributed by atoms with Crippen molar-refractivity contribution in [2.75, 3.05) is 0 Å². The highest BCUT2D eigenvalue weighted by Crippen LogP contribution is 2.31. The first-order chi connectivity index (χ1) is 11.0. The van der Waals surface area contributed by atoms with Gasteiger partial charge in [0, 0.05) is 10.9 Å². The number of halogens is 1. The number of aryl methyl sites for hydroxylation is 3. The lowest BCUT2D eigenvalue weighted by Gasteiger charge is -2.15. The minimum absolute atomic E-state index is 0.228. The van der Waals surface area contributed by atoms with E-state index in [-0.39, 0.29) is 5.82 Å². The standard InChI is InChI=1S/C21H22FN/c1-5-7-18-15(4)13(2)10-20-21(18)14(3)11-19(23-20)16-8-6-9-17(22)12-16/h6,8-12H,5,7H2,1-4H3. The van der Waals surface area contributed by atoms with E-state index in [2.05, 4.69) is 39.8 Å². The SMILES string of the molecule is CCCc1c(C)c(C)cc2nc(-c3cccc(F)c3)cc(C)c12. The van der Waals surface area contributed by atoms with Crippen molar-refractivity contribution < 1.29 is 4.39 Å². The number of rotatable bonds is 3. The van der Waals surface area contributed by atoms with Crippen LogP contribution in [0, 0.1) is 26.6 Å². The van der Waals surface area contributed by atoms with Crippen LogP contribution in [-0.2, 0) is 6.42 Å². The maximum atomic E-state index is 13.5. The van der Waals surface area contributed by atoms with Crippen molar-refractivity contribution in [2.45, 2.75) is 40.5 Å². The molecule has 0 saturated carbocycles. The molecule has 2 heteroatoms. The highest BCUT2D eigenvalue weighted by molar-refractivity contribution is 5.89. The molecular weight excluding hydrogens is 285 g/mol. The summed E-state index contributed by atoms with van der Waals surface area (Å²) < 4.78 is 13.5. The van der Waals surface area contributed by atoms with Crippen molar-refractivity contribution in [1.82, 2.24) is 4.98 Å². The van der Waals surface area contributed by atoms with Crippen LogP contribution in [0.3, 0.4) is 0 Å². The van der Waals surface area contributed by atoms with E-state index in [0.717, 1.165) is 29.6 Å². The van der Waals surface area contributed by atoms with Crippen molar-refractivity contribution in [3.05, 3.63) is 64.5 Å². The number of hydrogen-bond donors (Lipinski definition) is 0. The molecular formula is C21H22FN. The molecule has 3 aromatic rings. The monoisotopic (exact) mass is 307 g/mol. The van der Waals surface area contributed by atoms with E-state index in [4.69, 9.17) is 4.98 Å². The topological polar surface area (TPSA) is 12.9 Å². The molecule has 0 saturated heterocycles. The number of hydrogen-bond acceptors (Lipinski definition) is 1. The van der Waals surface area contributed by atoms with E-state index in [1.807, 2.05) is 6.07 Å². The van der Waals surface area contributed by atoms with E-state index >= 15 is 0 Å². The van der Waals surface area contributed by atoms with Crippen LogP contribution in [0.1, 0.15) is 35.6 Å². The predicted molar refractivity (Wildman–Crippen MR) is 95.3 cm³/mol. The summed E-state index contributed by atoms with van der Waals surface area (Å²) in [6.45, 7) is 8.66. The van der Waals surface area contributed by atoms with Crippen molar-refractivity contribution in [3.63, 3.8) is 0 Å². The largest absolute Gasteiger partial charge is 0.248 e. The normalized spacial score (nSPS) is 11.2. The summed E-state index contributed by atoms with van der Waals surface area (Å²) in [6, 6.07) is 10.9. The minimum atomic E-state index is -0.228. The van der Waals surface area contributed by atoms with E-state index < -0.39 is 0 Å². The summed E-state index contributed by atoms with van der Waals surface area (Å²) in [6.07, 6.45) is 2.18. The van der Waals surface area contributed by atoms with Crippen molar-refractivity contribution in [3.8, 4) is 11.3 Å². The Morgan fingerprint density at radius 2 is 1.78 bits per heavy atom. The predicted octanol–water partition coefficient (Wildman–Crippen LogP) is 5.92. The third-order valence-electron chi connectivity index (χ3n) is 4.56. The van der Waals surface area contributed by atoms with Crippen molar-refractivity contribution in [2.24, 2.45) is 0 Å². The van der Waals surface area contributed by atoms with Crippen LogP contribution in [0.25, 0.3) is 22.2 Å². The summed E-state index contributed by atoms with van der Waals surface area (Å²) in [5, 5.41) is 1.26. The molecule has 0 bridgehead atoms.